The molecule has 0 aromatic carbocycles. The molecule has 0 fully saturated rings. The Kier molecular flexibility index (Phi) is 5.70. The van der Waals surface area contributed by atoms with Crippen LogP contribution in [0.3, 0.4) is 0 Å². The Morgan fingerprint density at radius 3 is 2.47 bits per heavy atom. The van der Waals surface area contributed by atoms with Crippen LogP contribution in [0, 0.1) is 0 Å². The van der Waals surface area contributed by atoms with Crippen LogP contribution >= 0.6 is 0 Å². The number of sulfone groups is 1. The summed E-state index contributed by atoms with van der Waals surface area (Å²) in [5.41, 5.74) is 2.28. The van der Waals surface area contributed by atoms with Gasteiger partial charge in [0.2, 0.25) is 11.9 Å². The van der Waals surface area contributed by atoms with E-state index in [1.165, 1.54) is 0 Å². The smallest absolute Gasteiger partial charge is 0.323 e. The first kappa shape index (κ1) is 15.4. The van der Waals surface area contributed by atoms with Crippen LogP contribution in [0.1, 0.15) is 13.8 Å². The molecule has 1 rings (SSSR count). The highest BCUT2D eigenvalue weighted by Crippen LogP contribution is 2.10. The fourth-order valence-corrected chi connectivity index (χ4v) is 1.86. The van der Waals surface area contributed by atoms with Crippen LogP contribution in [-0.2, 0) is 9.84 Å². The Bertz CT molecular complexity index is 507. The van der Waals surface area contributed by atoms with Crippen molar-refractivity contribution >= 4 is 21.7 Å². The number of hydrogen-bond acceptors (Lipinski definition) is 9. The molecule has 9 nitrogen and oxygen atoms in total. The largest absolute Gasteiger partial charge is 0.464 e. The molecule has 0 aliphatic heterocycles. The molecule has 1 heterocycles. The summed E-state index contributed by atoms with van der Waals surface area (Å²) < 4.78 is 27.8. The van der Waals surface area contributed by atoms with Crippen molar-refractivity contribution in [2.45, 2.75) is 13.8 Å². The van der Waals surface area contributed by atoms with E-state index in [0.717, 1.165) is 0 Å². The molecule has 4 N–H and O–H groups in total. The maximum absolute atomic E-state index is 11.3. The zero-order valence-electron chi connectivity index (χ0n) is 10.9. The number of nitrogen functional groups attached to an aromatic ring is 1. The molecule has 10 heteroatoms. The normalized spacial score (nSPS) is 11.1. The average Bonchev–Trinajstić information content (AvgIpc) is 2.38. The summed E-state index contributed by atoms with van der Waals surface area (Å²) >= 11 is 0. The molecule has 0 atom stereocenters. The lowest BCUT2D eigenvalue weighted by atomic mass is 10.7. The second-order valence-electron chi connectivity index (χ2n) is 3.51. The van der Waals surface area contributed by atoms with Gasteiger partial charge in [0.25, 0.3) is 0 Å². The van der Waals surface area contributed by atoms with Crippen molar-refractivity contribution < 1.29 is 13.2 Å². The highest BCUT2D eigenvalue weighted by Gasteiger charge is 2.09. The monoisotopic (exact) mass is 290 g/mol. The minimum Gasteiger partial charge on any atom is -0.464 e. The van der Waals surface area contributed by atoms with Crippen molar-refractivity contribution in [2.24, 2.45) is 5.84 Å². The Morgan fingerprint density at radius 1 is 1.21 bits per heavy atom. The summed E-state index contributed by atoms with van der Waals surface area (Å²) in [5.74, 6) is 5.67. The summed E-state index contributed by atoms with van der Waals surface area (Å²) in [7, 11) is -3.03. The second kappa shape index (κ2) is 7.04. The molecule has 0 unspecified atom stereocenters. The van der Waals surface area contributed by atoms with Gasteiger partial charge in [-0.2, -0.15) is 15.0 Å². The third kappa shape index (κ3) is 5.22. The van der Waals surface area contributed by atoms with Gasteiger partial charge in [-0.3, -0.25) is 5.43 Å². The van der Waals surface area contributed by atoms with Crippen LogP contribution in [0.2, 0.25) is 0 Å². The molecule has 0 aliphatic rings. The number of nitrogens with zero attached hydrogens (tertiary/aromatic N) is 3. The van der Waals surface area contributed by atoms with Gasteiger partial charge in [-0.1, -0.05) is 6.92 Å². The van der Waals surface area contributed by atoms with Crippen molar-refractivity contribution in [1.29, 1.82) is 0 Å². The van der Waals surface area contributed by atoms with Gasteiger partial charge < -0.3 is 10.1 Å². The van der Waals surface area contributed by atoms with Crippen molar-refractivity contribution in [2.75, 3.05) is 35.4 Å². The molecular weight excluding hydrogens is 272 g/mol. The van der Waals surface area contributed by atoms with Crippen LogP contribution in [0.25, 0.3) is 0 Å². The van der Waals surface area contributed by atoms with E-state index in [-0.39, 0.29) is 36.0 Å². The number of hydrazine groups is 1. The summed E-state index contributed by atoms with van der Waals surface area (Å²) in [6, 6.07) is 0.117. The van der Waals surface area contributed by atoms with Crippen molar-refractivity contribution in [3.8, 4) is 6.01 Å². The molecule has 0 bridgehead atoms. The van der Waals surface area contributed by atoms with Crippen LogP contribution in [0.4, 0.5) is 11.9 Å². The fourth-order valence-electron chi connectivity index (χ4n) is 1.16. The van der Waals surface area contributed by atoms with Crippen LogP contribution < -0.4 is 21.3 Å². The van der Waals surface area contributed by atoms with Gasteiger partial charge in [-0.25, -0.2) is 14.3 Å². The van der Waals surface area contributed by atoms with E-state index in [1.54, 1.807) is 13.8 Å². The van der Waals surface area contributed by atoms with E-state index in [2.05, 4.69) is 25.7 Å². The molecular formula is C9H18N6O3S. The van der Waals surface area contributed by atoms with Crippen LogP contribution in [0.15, 0.2) is 0 Å². The van der Waals surface area contributed by atoms with E-state index < -0.39 is 9.84 Å². The number of aromatic nitrogens is 3. The minimum atomic E-state index is -3.03. The third-order valence-electron chi connectivity index (χ3n) is 2.15. The van der Waals surface area contributed by atoms with E-state index in [1.807, 2.05) is 0 Å². The van der Waals surface area contributed by atoms with Crippen LogP contribution in [0.5, 0.6) is 6.01 Å². The van der Waals surface area contributed by atoms with Gasteiger partial charge >= 0.3 is 6.01 Å². The Hall–Kier alpha value is -1.68. The van der Waals surface area contributed by atoms with E-state index >= 15 is 0 Å². The highest BCUT2D eigenvalue weighted by atomic mass is 32.2. The lowest BCUT2D eigenvalue weighted by molar-refractivity contribution is 0.312. The number of nitrogens with one attached hydrogen (secondary N) is 2. The molecule has 19 heavy (non-hydrogen) atoms. The molecule has 0 amide bonds. The standard InChI is InChI=1S/C9H18N6O3S/c1-3-18-9-13-7(12-8(14-9)15-10)11-5-6-19(16,17)4-2/h3-6,10H2,1-2H3,(H2,11,12,13,14,15). The zero-order chi connectivity index (χ0) is 14.3. The molecule has 0 radical (unpaired) electrons. The van der Waals surface area contributed by atoms with Crippen molar-refractivity contribution in [1.82, 2.24) is 15.0 Å². The number of rotatable bonds is 8. The number of hydrogen-bond donors (Lipinski definition) is 3. The molecule has 108 valence electrons. The van der Waals surface area contributed by atoms with E-state index in [9.17, 15) is 8.42 Å². The first-order valence-corrected chi connectivity index (χ1v) is 7.62. The Labute approximate surface area is 111 Å². The SMILES string of the molecule is CCOc1nc(NN)nc(NCCS(=O)(=O)CC)n1. The lowest BCUT2D eigenvalue weighted by Gasteiger charge is -2.08. The predicted molar refractivity (Wildman–Crippen MR) is 71.6 cm³/mol. The quantitative estimate of drug-likeness (QED) is 0.424. The number of anilines is 2. The van der Waals surface area contributed by atoms with E-state index in [4.69, 9.17) is 10.6 Å². The summed E-state index contributed by atoms with van der Waals surface area (Å²) in [5, 5.41) is 2.79. The summed E-state index contributed by atoms with van der Waals surface area (Å²) in [6.45, 7) is 4.00. The third-order valence-corrected chi connectivity index (χ3v) is 3.86. The Balaban J connectivity index is 2.69. The van der Waals surface area contributed by atoms with Gasteiger partial charge in [-0.05, 0) is 6.92 Å². The maximum Gasteiger partial charge on any atom is 0.323 e. The van der Waals surface area contributed by atoms with Crippen molar-refractivity contribution in [3.05, 3.63) is 0 Å². The number of ether oxygens (including phenoxy) is 1. The van der Waals surface area contributed by atoms with Gasteiger partial charge in [0.1, 0.15) is 0 Å². The molecule has 0 aliphatic carbocycles. The molecule has 0 saturated heterocycles. The van der Waals surface area contributed by atoms with E-state index in [0.29, 0.717) is 6.61 Å². The number of nitrogens with two attached hydrogens (primary N) is 1. The van der Waals surface area contributed by atoms with Crippen LogP contribution in [-0.4, -0.2) is 48.0 Å². The van der Waals surface area contributed by atoms with Gasteiger partial charge in [0, 0.05) is 12.3 Å². The topological polar surface area (TPSA) is 132 Å². The first-order chi connectivity index (χ1) is 9.00. The first-order valence-electron chi connectivity index (χ1n) is 5.80. The second-order valence-corrected chi connectivity index (χ2v) is 5.98. The molecule has 1 aromatic heterocycles. The highest BCUT2D eigenvalue weighted by molar-refractivity contribution is 7.91. The summed E-state index contributed by atoms with van der Waals surface area (Å²) in [6.07, 6.45) is 0. The predicted octanol–water partition coefficient (Wildman–Crippen LogP) is -0.597. The lowest BCUT2D eigenvalue weighted by Crippen LogP contribution is -2.19. The van der Waals surface area contributed by atoms with Gasteiger partial charge in [0.05, 0.1) is 12.4 Å². The average molecular weight is 290 g/mol. The van der Waals surface area contributed by atoms with Gasteiger partial charge in [0.15, 0.2) is 9.84 Å². The minimum absolute atomic E-state index is 0.00450. The van der Waals surface area contributed by atoms with Gasteiger partial charge in [-0.15, -0.1) is 0 Å². The zero-order valence-corrected chi connectivity index (χ0v) is 11.7. The molecule has 0 spiro atoms. The summed E-state index contributed by atoms with van der Waals surface area (Å²) in [4.78, 5) is 11.8. The maximum atomic E-state index is 11.3. The van der Waals surface area contributed by atoms with Crippen molar-refractivity contribution in [3.63, 3.8) is 0 Å². The molecule has 0 saturated carbocycles. The Morgan fingerprint density at radius 2 is 1.89 bits per heavy atom. The fraction of sp³-hybridized carbons (Fsp3) is 0.667. The molecule has 1 aromatic rings.